The van der Waals surface area contributed by atoms with Crippen LogP contribution in [-0.4, -0.2) is 51.7 Å². The molecule has 33 heavy (non-hydrogen) atoms. The van der Waals surface area contributed by atoms with Crippen LogP contribution >= 0.6 is 0 Å². The fourth-order valence-corrected chi connectivity index (χ4v) is 3.87. The van der Waals surface area contributed by atoms with E-state index in [0.717, 1.165) is 41.1 Å². The Bertz CT molecular complexity index is 1000. The van der Waals surface area contributed by atoms with Crippen LogP contribution in [0.1, 0.15) is 38.3 Å². The summed E-state index contributed by atoms with van der Waals surface area (Å²) >= 11 is 0. The molecule has 2 aromatic carbocycles. The van der Waals surface area contributed by atoms with Crippen LogP contribution in [0.4, 0.5) is 0 Å². The first kappa shape index (κ1) is 25.0. The van der Waals surface area contributed by atoms with Crippen molar-refractivity contribution < 1.29 is 14.6 Å². The van der Waals surface area contributed by atoms with Gasteiger partial charge in [-0.15, -0.1) is 0 Å². The molecule has 0 spiro atoms. The maximum absolute atomic E-state index is 10.6. The Balaban J connectivity index is 1.93. The molecular weight excluding hydrogens is 414 g/mol. The van der Waals surface area contributed by atoms with E-state index in [1.165, 1.54) is 0 Å². The minimum Gasteiger partial charge on any atom is -0.439 e. The summed E-state index contributed by atoms with van der Waals surface area (Å²) in [4.78, 5) is 2.25. The molecule has 0 aliphatic carbocycles. The van der Waals surface area contributed by atoms with Crippen molar-refractivity contribution in [3.8, 4) is 22.9 Å². The van der Waals surface area contributed by atoms with Crippen LogP contribution in [0.5, 0.6) is 11.6 Å². The summed E-state index contributed by atoms with van der Waals surface area (Å²) in [6.45, 7) is 10.5. The molecule has 178 valence electrons. The Morgan fingerprint density at radius 2 is 1.85 bits per heavy atom. The minimum atomic E-state index is -0.558. The molecule has 0 radical (unpaired) electrons. The number of aromatic nitrogens is 2. The average Bonchev–Trinajstić information content (AvgIpc) is 3.08. The van der Waals surface area contributed by atoms with Gasteiger partial charge in [-0.1, -0.05) is 49.4 Å². The first-order chi connectivity index (χ1) is 15.9. The molecule has 1 heterocycles. The highest BCUT2D eigenvalue weighted by Gasteiger charge is 2.23. The second-order valence-corrected chi connectivity index (χ2v) is 8.81. The molecule has 1 atom stereocenters. The van der Waals surface area contributed by atoms with Crippen molar-refractivity contribution in [1.82, 2.24) is 14.7 Å². The van der Waals surface area contributed by atoms with Gasteiger partial charge in [-0.25, -0.2) is 4.68 Å². The SMILES string of the molecule is CCCN(Cc1c(-c2ccccc2)nn(C)c1Oc1cccc(C)c1)CC(O)COC(C)C. The third kappa shape index (κ3) is 7.16. The monoisotopic (exact) mass is 451 g/mol. The van der Waals surface area contributed by atoms with E-state index in [4.69, 9.17) is 14.6 Å². The number of aryl methyl sites for hydroxylation is 2. The van der Waals surface area contributed by atoms with E-state index in [2.05, 4.69) is 36.9 Å². The Hall–Kier alpha value is -2.67. The van der Waals surface area contributed by atoms with E-state index < -0.39 is 6.10 Å². The van der Waals surface area contributed by atoms with E-state index in [-0.39, 0.29) is 6.10 Å². The van der Waals surface area contributed by atoms with E-state index in [0.29, 0.717) is 25.6 Å². The molecule has 3 aromatic rings. The topological polar surface area (TPSA) is 59.8 Å². The molecule has 6 heteroatoms. The number of aliphatic hydroxyl groups is 1. The van der Waals surface area contributed by atoms with Crippen molar-refractivity contribution >= 4 is 0 Å². The largest absolute Gasteiger partial charge is 0.439 e. The predicted octanol–water partition coefficient (Wildman–Crippen LogP) is 5.19. The lowest BCUT2D eigenvalue weighted by atomic mass is 10.1. The van der Waals surface area contributed by atoms with Gasteiger partial charge in [0.2, 0.25) is 5.88 Å². The van der Waals surface area contributed by atoms with Crippen LogP contribution in [0.15, 0.2) is 54.6 Å². The number of benzene rings is 2. The summed E-state index contributed by atoms with van der Waals surface area (Å²) in [6.07, 6.45) is 0.515. The Morgan fingerprint density at radius 1 is 1.09 bits per heavy atom. The standard InChI is InChI=1S/C27H37N3O3/c1-6-15-30(17-23(31)19-32-20(2)3)18-25-26(22-12-8-7-9-13-22)28-29(5)27(25)33-24-14-10-11-21(4)16-24/h7-14,16,20,23,31H,6,15,17-19H2,1-5H3. The van der Waals surface area contributed by atoms with Crippen molar-refractivity contribution in [3.63, 3.8) is 0 Å². The quantitative estimate of drug-likeness (QED) is 0.411. The van der Waals surface area contributed by atoms with Gasteiger partial charge in [-0.2, -0.15) is 5.10 Å². The number of nitrogens with zero attached hydrogens (tertiary/aromatic N) is 3. The van der Waals surface area contributed by atoms with Crippen molar-refractivity contribution in [2.45, 2.75) is 52.9 Å². The van der Waals surface area contributed by atoms with Crippen LogP contribution < -0.4 is 4.74 Å². The first-order valence-corrected chi connectivity index (χ1v) is 11.7. The fraction of sp³-hybridized carbons (Fsp3) is 0.444. The summed E-state index contributed by atoms with van der Waals surface area (Å²) in [5.41, 5.74) is 4.09. The number of hydrogen-bond donors (Lipinski definition) is 1. The van der Waals surface area contributed by atoms with E-state index >= 15 is 0 Å². The Kier molecular flexibility index (Phi) is 9.06. The van der Waals surface area contributed by atoms with Gasteiger partial charge in [0.15, 0.2) is 0 Å². The molecular formula is C27H37N3O3. The van der Waals surface area contributed by atoms with Crippen LogP contribution in [0.25, 0.3) is 11.3 Å². The van der Waals surface area contributed by atoms with Crippen LogP contribution in [0.2, 0.25) is 0 Å². The highest BCUT2D eigenvalue weighted by molar-refractivity contribution is 5.65. The number of aliphatic hydroxyl groups excluding tert-OH is 1. The highest BCUT2D eigenvalue weighted by Crippen LogP contribution is 2.34. The zero-order valence-electron chi connectivity index (χ0n) is 20.5. The van der Waals surface area contributed by atoms with Gasteiger partial charge >= 0.3 is 0 Å². The summed E-state index contributed by atoms with van der Waals surface area (Å²) in [6, 6.07) is 18.2. The smallest absolute Gasteiger partial charge is 0.222 e. The first-order valence-electron chi connectivity index (χ1n) is 11.7. The van der Waals surface area contributed by atoms with Crippen LogP contribution in [0.3, 0.4) is 0 Å². The van der Waals surface area contributed by atoms with Gasteiger partial charge < -0.3 is 14.6 Å². The minimum absolute atomic E-state index is 0.0941. The molecule has 0 fully saturated rings. The normalized spacial score (nSPS) is 12.5. The number of ether oxygens (including phenoxy) is 2. The number of hydrogen-bond acceptors (Lipinski definition) is 5. The molecule has 1 unspecified atom stereocenters. The molecule has 0 aliphatic rings. The van der Waals surface area contributed by atoms with Gasteiger partial charge in [-0.3, -0.25) is 4.90 Å². The van der Waals surface area contributed by atoms with Gasteiger partial charge in [-0.05, 0) is 51.4 Å². The highest BCUT2D eigenvalue weighted by atomic mass is 16.5. The summed E-state index contributed by atoms with van der Waals surface area (Å²) in [7, 11) is 1.91. The second-order valence-electron chi connectivity index (χ2n) is 8.81. The third-order valence-electron chi connectivity index (χ3n) is 5.35. The van der Waals surface area contributed by atoms with Crippen LogP contribution in [0, 0.1) is 6.92 Å². The fourth-order valence-electron chi connectivity index (χ4n) is 3.87. The maximum Gasteiger partial charge on any atom is 0.222 e. The molecule has 3 rings (SSSR count). The molecule has 0 aliphatic heterocycles. The molecule has 0 bridgehead atoms. The van der Waals surface area contributed by atoms with E-state index in [1.807, 2.05) is 62.0 Å². The molecule has 0 saturated heterocycles. The van der Waals surface area contributed by atoms with Crippen molar-refractivity contribution in [3.05, 3.63) is 65.7 Å². The average molecular weight is 452 g/mol. The summed E-state index contributed by atoms with van der Waals surface area (Å²) in [5.74, 6) is 1.50. The maximum atomic E-state index is 10.6. The van der Waals surface area contributed by atoms with Crippen LogP contribution in [-0.2, 0) is 18.3 Å². The third-order valence-corrected chi connectivity index (χ3v) is 5.35. The lowest BCUT2D eigenvalue weighted by Crippen LogP contribution is -2.35. The zero-order chi connectivity index (χ0) is 23.8. The second kappa shape index (κ2) is 12.0. The van der Waals surface area contributed by atoms with Crippen molar-refractivity contribution in [2.24, 2.45) is 7.05 Å². The van der Waals surface area contributed by atoms with Gasteiger partial charge in [0.25, 0.3) is 0 Å². The Labute approximate surface area is 197 Å². The molecule has 1 N–H and O–H groups in total. The Morgan fingerprint density at radius 3 is 2.52 bits per heavy atom. The summed E-state index contributed by atoms with van der Waals surface area (Å²) in [5, 5.41) is 15.4. The van der Waals surface area contributed by atoms with E-state index in [1.54, 1.807) is 0 Å². The van der Waals surface area contributed by atoms with Crippen molar-refractivity contribution in [2.75, 3.05) is 19.7 Å². The van der Waals surface area contributed by atoms with Gasteiger partial charge in [0.05, 0.1) is 24.4 Å². The summed E-state index contributed by atoms with van der Waals surface area (Å²) < 4.78 is 13.8. The predicted molar refractivity (Wildman–Crippen MR) is 133 cm³/mol. The molecule has 0 amide bonds. The van der Waals surface area contributed by atoms with Gasteiger partial charge in [0.1, 0.15) is 11.4 Å². The lowest BCUT2D eigenvalue weighted by molar-refractivity contribution is -0.00953. The molecule has 6 nitrogen and oxygen atoms in total. The van der Waals surface area contributed by atoms with Crippen molar-refractivity contribution in [1.29, 1.82) is 0 Å². The van der Waals surface area contributed by atoms with Gasteiger partial charge in [0, 0.05) is 25.7 Å². The lowest BCUT2D eigenvalue weighted by Gasteiger charge is -2.25. The zero-order valence-corrected chi connectivity index (χ0v) is 20.5. The number of rotatable bonds is 12. The molecule has 0 saturated carbocycles. The van der Waals surface area contributed by atoms with E-state index in [9.17, 15) is 5.11 Å². The molecule has 1 aromatic heterocycles.